The molecule has 5 nitrogen and oxygen atoms in total. The molecule has 0 aliphatic carbocycles. The lowest BCUT2D eigenvalue weighted by atomic mass is 9.99. The number of aliphatic hydroxyl groups is 1. The van der Waals surface area contributed by atoms with E-state index >= 15 is 0 Å². The van der Waals surface area contributed by atoms with Crippen LogP contribution in [0, 0.1) is 11.3 Å². The Kier molecular flexibility index (Phi) is 5.32. The standard InChI is InChI=1S/C20H17N3O2S/c21-11-16(20(23)26-18-7-2-1-6-17(18)22)13-4-3-5-14(10-13)19(24)15-8-9-25-12-15/h1-10,12,19,24H,22-23H2/b20-16+. The number of aliphatic hydroxyl groups excluding tert-OH is 1. The van der Waals surface area contributed by atoms with Crippen molar-refractivity contribution in [2.75, 3.05) is 5.73 Å². The number of furan rings is 1. The topological polar surface area (TPSA) is 109 Å². The molecule has 5 N–H and O–H groups in total. The maximum absolute atomic E-state index is 10.5. The fourth-order valence-electron chi connectivity index (χ4n) is 2.49. The minimum atomic E-state index is -0.840. The van der Waals surface area contributed by atoms with Crippen molar-refractivity contribution in [1.29, 1.82) is 5.26 Å². The number of hydrogen-bond donors (Lipinski definition) is 3. The zero-order valence-electron chi connectivity index (χ0n) is 13.8. The number of nitrogens with two attached hydrogens (primary N) is 2. The zero-order chi connectivity index (χ0) is 18.5. The van der Waals surface area contributed by atoms with Crippen molar-refractivity contribution in [2.24, 2.45) is 5.73 Å². The summed E-state index contributed by atoms with van der Waals surface area (Å²) in [7, 11) is 0. The normalized spacial score (nSPS) is 12.9. The van der Waals surface area contributed by atoms with Gasteiger partial charge >= 0.3 is 0 Å². The smallest absolute Gasteiger partial charge is 0.107 e. The third-order valence-electron chi connectivity index (χ3n) is 3.85. The van der Waals surface area contributed by atoms with Gasteiger partial charge in [0.1, 0.15) is 12.2 Å². The Balaban J connectivity index is 1.94. The minimum Gasteiger partial charge on any atom is -0.472 e. The first-order valence-corrected chi connectivity index (χ1v) is 8.64. The van der Waals surface area contributed by atoms with Crippen molar-refractivity contribution in [3.63, 3.8) is 0 Å². The van der Waals surface area contributed by atoms with E-state index in [1.807, 2.05) is 18.2 Å². The van der Waals surface area contributed by atoms with Gasteiger partial charge in [0, 0.05) is 16.1 Å². The summed E-state index contributed by atoms with van der Waals surface area (Å²) in [6.45, 7) is 0. The van der Waals surface area contributed by atoms with Crippen LogP contribution in [0.1, 0.15) is 22.8 Å². The van der Waals surface area contributed by atoms with Crippen molar-refractivity contribution in [3.8, 4) is 6.07 Å². The molecule has 0 saturated carbocycles. The lowest BCUT2D eigenvalue weighted by molar-refractivity contribution is 0.219. The van der Waals surface area contributed by atoms with Gasteiger partial charge < -0.3 is 21.0 Å². The second kappa shape index (κ2) is 7.83. The molecule has 1 unspecified atom stereocenters. The Morgan fingerprint density at radius 3 is 2.62 bits per heavy atom. The number of nitrogen functional groups attached to an aromatic ring is 1. The van der Waals surface area contributed by atoms with Gasteiger partial charge in [-0.05, 0) is 35.4 Å². The first kappa shape index (κ1) is 17.7. The molecule has 2 aromatic carbocycles. The molecule has 0 bridgehead atoms. The molecule has 0 saturated heterocycles. The number of benzene rings is 2. The summed E-state index contributed by atoms with van der Waals surface area (Å²) < 4.78 is 5.01. The number of anilines is 1. The predicted molar refractivity (Wildman–Crippen MR) is 103 cm³/mol. The number of hydrogen-bond acceptors (Lipinski definition) is 6. The lowest BCUT2D eigenvalue weighted by Gasteiger charge is -2.12. The zero-order valence-corrected chi connectivity index (χ0v) is 14.6. The number of para-hydroxylation sites is 1. The van der Waals surface area contributed by atoms with Gasteiger partial charge in [0.25, 0.3) is 0 Å². The summed E-state index contributed by atoms with van der Waals surface area (Å²) in [6.07, 6.45) is 2.15. The van der Waals surface area contributed by atoms with Gasteiger partial charge in [0.15, 0.2) is 0 Å². The van der Waals surface area contributed by atoms with E-state index in [2.05, 4.69) is 6.07 Å². The Morgan fingerprint density at radius 1 is 1.12 bits per heavy atom. The van der Waals surface area contributed by atoms with Crippen molar-refractivity contribution < 1.29 is 9.52 Å². The van der Waals surface area contributed by atoms with Gasteiger partial charge in [0.05, 0.1) is 23.1 Å². The maximum atomic E-state index is 10.5. The molecule has 0 fully saturated rings. The first-order chi connectivity index (χ1) is 12.6. The van der Waals surface area contributed by atoms with Gasteiger partial charge in [0.2, 0.25) is 0 Å². The summed E-state index contributed by atoms with van der Waals surface area (Å²) in [5.74, 6) is 0. The van der Waals surface area contributed by atoms with Crippen LogP contribution >= 0.6 is 11.8 Å². The van der Waals surface area contributed by atoms with Crippen LogP contribution in [0.5, 0.6) is 0 Å². The summed E-state index contributed by atoms with van der Waals surface area (Å²) >= 11 is 1.24. The van der Waals surface area contributed by atoms with E-state index in [0.717, 1.165) is 4.90 Å². The van der Waals surface area contributed by atoms with Crippen LogP contribution in [0.25, 0.3) is 5.57 Å². The molecular formula is C20H17N3O2S. The van der Waals surface area contributed by atoms with E-state index in [4.69, 9.17) is 15.9 Å². The predicted octanol–water partition coefficient (Wildman–Crippen LogP) is 3.89. The monoisotopic (exact) mass is 363 g/mol. The van der Waals surface area contributed by atoms with E-state index in [0.29, 0.717) is 33.0 Å². The molecule has 26 heavy (non-hydrogen) atoms. The second-order valence-corrected chi connectivity index (χ2v) is 6.66. The fraction of sp³-hybridized carbons (Fsp3) is 0.0500. The average Bonchev–Trinajstić information content (AvgIpc) is 3.18. The van der Waals surface area contributed by atoms with Crippen LogP contribution in [0.4, 0.5) is 5.69 Å². The largest absolute Gasteiger partial charge is 0.472 e. The molecule has 3 aromatic rings. The fourth-order valence-corrected chi connectivity index (χ4v) is 3.33. The quantitative estimate of drug-likeness (QED) is 0.360. The van der Waals surface area contributed by atoms with E-state index in [9.17, 15) is 10.4 Å². The highest BCUT2D eigenvalue weighted by molar-refractivity contribution is 8.03. The lowest BCUT2D eigenvalue weighted by Crippen LogP contribution is -2.01. The highest BCUT2D eigenvalue weighted by atomic mass is 32.2. The van der Waals surface area contributed by atoms with Gasteiger partial charge in [-0.15, -0.1) is 0 Å². The van der Waals surface area contributed by atoms with Crippen molar-refractivity contribution in [2.45, 2.75) is 11.0 Å². The summed E-state index contributed by atoms with van der Waals surface area (Å²) in [5, 5.41) is 20.4. The SMILES string of the molecule is N#C/C(=C(/N)Sc1ccccc1N)c1cccc(C(O)c2ccoc2)c1. The molecule has 1 heterocycles. The van der Waals surface area contributed by atoms with Crippen LogP contribution in [0.3, 0.4) is 0 Å². The van der Waals surface area contributed by atoms with Gasteiger partial charge in [-0.1, -0.05) is 42.1 Å². The van der Waals surface area contributed by atoms with Crippen LogP contribution in [-0.4, -0.2) is 5.11 Å². The molecule has 1 aromatic heterocycles. The van der Waals surface area contributed by atoms with Crippen LogP contribution < -0.4 is 11.5 Å². The third kappa shape index (κ3) is 3.75. The average molecular weight is 363 g/mol. The van der Waals surface area contributed by atoms with Gasteiger partial charge in [-0.25, -0.2) is 0 Å². The molecule has 3 rings (SSSR count). The van der Waals surface area contributed by atoms with Crippen LogP contribution in [-0.2, 0) is 0 Å². The Hall–Kier alpha value is -3.14. The number of nitriles is 1. The molecule has 0 radical (unpaired) electrons. The molecule has 0 spiro atoms. The van der Waals surface area contributed by atoms with E-state index < -0.39 is 6.10 Å². The minimum absolute atomic E-state index is 0.333. The Morgan fingerprint density at radius 2 is 1.92 bits per heavy atom. The van der Waals surface area contributed by atoms with E-state index in [-0.39, 0.29) is 0 Å². The first-order valence-electron chi connectivity index (χ1n) is 7.83. The maximum Gasteiger partial charge on any atom is 0.107 e. The van der Waals surface area contributed by atoms with Crippen molar-refractivity contribution in [1.82, 2.24) is 0 Å². The number of nitrogens with zero attached hydrogens (tertiary/aromatic N) is 1. The summed E-state index contributed by atoms with van der Waals surface area (Å²) in [6, 6.07) is 18.3. The van der Waals surface area contributed by atoms with Gasteiger partial charge in [-0.3, -0.25) is 0 Å². The molecule has 6 heteroatoms. The highest BCUT2D eigenvalue weighted by Crippen LogP contribution is 2.33. The van der Waals surface area contributed by atoms with E-state index in [1.54, 1.807) is 36.4 Å². The molecule has 130 valence electrons. The summed E-state index contributed by atoms with van der Waals surface area (Å²) in [5.41, 5.74) is 15.0. The highest BCUT2D eigenvalue weighted by Gasteiger charge is 2.15. The van der Waals surface area contributed by atoms with Gasteiger partial charge in [-0.2, -0.15) is 5.26 Å². The third-order valence-corrected chi connectivity index (χ3v) is 4.86. The van der Waals surface area contributed by atoms with Crippen molar-refractivity contribution >= 4 is 23.0 Å². The number of thioether (sulfide) groups is 1. The van der Waals surface area contributed by atoms with Crippen LogP contribution in [0.15, 0.2) is 81.5 Å². The molecule has 0 aliphatic heterocycles. The van der Waals surface area contributed by atoms with Crippen molar-refractivity contribution in [3.05, 3.63) is 88.8 Å². The molecular weight excluding hydrogens is 346 g/mol. The van der Waals surface area contributed by atoms with E-state index in [1.165, 1.54) is 24.3 Å². The summed E-state index contributed by atoms with van der Waals surface area (Å²) in [4.78, 5) is 0.785. The Bertz CT molecular complexity index is 975. The second-order valence-electron chi connectivity index (χ2n) is 5.58. The Labute approximate surface area is 155 Å². The molecule has 1 atom stereocenters. The van der Waals surface area contributed by atoms with Crippen LogP contribution in [0.2, 0.25) is 0 Å². The molecule has 0 amide bonds. The molecule has 0 aliphatic rings. The number of allylic oxidation sites excluding steroid dienone is 1. The number of rotatable bonds is 5.